The monoisotopic (exact) mass is 395 g/mol. The minimum atomic E-state index is 0.671. The summed E-state index contributed by atoms with van der Waals surface area (Å²) in [7, 11) is 1.72. The number of pyridine rings is 1. The van der Waals surface area contributed by atoms with E-state index in [0.29, 0.717) is 6.61 Å². The van der Waals surface area contributed by atoms with Gasteiger partial charge in [-0.15, -0.1) is 0 Å². The zero-order chi connectivity index (χ0) is 22.0. The van der Waals surface area contributed by atoms with Crippen LogP contribution in [0.15, 0.2) is 36.7 Å². The molecule has 3 heteroatoms. The van der Waals surface area contributed by atoms with Gasteiger partial charge in [0.05, 0.1) is 13.7 Å². The van der Waals surface area contributed by atoms with Crippen LogP contribution in [0.2, 0.25) is 0 Å². The van der Waals surface area contributed by atoms with Gasteiger partial charge < -0.3 is 9.47 Å². The first-order valence-electron chi connectivity index (χ1n) is 10.7. The van der Waals surface area contributed by atoms with Crippen LogP contribution in [0.3, 0.4) is 0 Å². The highest BCUT2D eigenvalue weighted by molar-refractivity contribution is 5.89. The number of aromatic nitrogens is 1. The normalized spacial score (nSPS) is 9.83. The van der Waals surface area contributed by atoms with Crippen molar-refractivity contribution < 1.29 is 9.47 Å². The molecule has 3 nitrogen and oxygen atoms in total. The average molecular weight is 396 g/mol. The van der Waals surface area contributed by atoms with Crippen LogP contribution in [0.25, 0.3) is 10.8 Å². The molecule has 0 radical (unpaired) electrons. The van der Waals surface area contributed by atoms with Crippen molar-refractivity contribution in [3.05, 3.63) is 64.5 Å². The Kier molecular flexibility index (Phi) is 10.2. The molecule has 0 aliphatic rings. The van der Waals surface area contributed by atoms with Crippen LogP contribution in [-0.2, 0) is 6.42 Å². The van der Waals surface area contributed by atoms with Crippen LogP contribution in [0.5, 0.6) is 11.5 Å². The standard InChI is InChI=1S/C22H25NO2.2C2H6/c1-6-25-21-8-7-19-18(12-23-13-20(19)16(21)4)11-17-9-14(2)22(24-5)15(3)10-17;2*1-2/h7-10,12-13H,6,11H2,1-5H3;2*1-2H3. The number of fused-ring (bicyclic) bond motifs is 1. The lowest BCUT2D eigenvalue weighted by Crippen LogP contribution is -1.98. The summed E-state index contributed by atoms with van der Waals surface area (Å²) in [5.74, 6) is 1.90. The van der Waals surface area contributed by atoms with E-state index >= 15 is 0 Å². The van der Waals surface area contributed by atoms with Gasteiger partial charge in [0.25, 0.3) is 0 Å². The van der Waals surface area contributed by atoms with Gasteiger partial charge in [-0.05, 0) is 67.8 Å². The van der Waals surface area contributed by atoms with Crippen molar-refractivity contribution in [3.63, 3.8) is 0 Å². The predicted molar refractivity (Wildman–Crippen MR) is 126 cm³/mol. The molecule has 0 unspecified atom stereocenters. The zero-order valence-corrected chi connectivity index (χ0v) is 19.6. The molecule has 2 aromatic carbocycles. The van der Waals surface area contributed by atoms with Gasteiger partial charge in [-0.2, -0.15) is 0 Å². The number of hydrogen-bond donors (Lipinski definition) is 0. The number of rotatable bonds is 5. The lowest BCUT2D eigenvalue weighted by atomic mass is 9.96. The van der Waals surface area contributed by atoms with Crippen LogP contribution in [-0.4, -0.2) is 18.7 Å². The molecule has 0 spiro atoms. The molecule has 0 fully saturated rings. The van der Waals surface area contributed by atoms with Gasteiger partial charge in [0.15, 0.2) is 0 Å². The summed E-state index contributed by atoms with van der Waals surface area (Å²) in [6.07, 6.45) is 4.75. The first-order chi connectivity index (χ1) is 14.0. The molecule has 3 rings (SSSR count). The summed E-state index contributed by atoms with van der Waals surface area (Å²) in [5.41, 5.74) is 5.99. The van der Waals surface area contributed by atoms with Crippen molar-refractivity contribution in [1.82, 2.24) is 4.98 Å². The first-order valence-corrected chi connectivity index (χ1v) is 10.7. The van der Waals surface area contributed by atoms with Crippen LogP contribution in [0.4, 0.5) is 0 Å². The van der Waals surface area contributed by atoms with Crippen molar-refractivity contribution in [2.75, 3.05) is 13.7 Å². The molecule has 0 N–H and O–H groups in total. The minimum Gasteiger partial charge on any atom is -0.496 e. The van der Waals surface area contributed by atoms with E-state index in [9.17, 15) is 0 Å². The molecule has 1 heterocycles. The van der Waals surface area contributed by atoms with Gasteiger partial charge >= 0.3 is 0 Å². The fraction of sp³-hybridized carbons (Fsp3) is 0.423. The largest absolute Gasteiger partial charge is 0.496 e. The number of aryl methyl sites for hydroxylation is 3. The maximum atomic E-state index is 5.72. The molecule has 0 aliphatic heterocycles. The molecule has 0 saturated heterocycles. The molecule has 0 bridgehead atoms. The van der Waals surface area contributed by atoms with Crippen LogP contribution in [0, 0.1) is 20.8 Å². The first kappa shape index (κ1) is 24.5. The molecular formula is C26H37NO2. The van der Waals surface area contributed by atoms with E-state index in [1.54, 1.807) is 7.11 Å². The van der Waals surface area contributed by atoms with Gasteiger partial charge in [0.1, 0.15) is 11.5 Å². The third kappa shape index (κ3) is 5.72. The number of hydrogen-bond acceptors (Lipinski definition) is 3. The van der Waals surface area contributed by atoms with E-state index < -0.39 is 0 Å². The summed E-state index contributed by atoms with van der Waals surface area (Å²) in [6.45, 7) is 17.0. The average Bonchev–Trinajstić information content (AvgIpc) is 2.73. The van der Waals surface area contributed by atoms with Crippen LogP contribution >= 0.6 is 0 Å². The maximum Gasteiger partial charge on any atom is 0.124 e. The molecule has 158 valence electrons. The molecule has 0 saturated carbocycles. The lowest BCUT2D eigenvalue weighted by molar-refractivity contribution is 0.338. The van der Waals surface area contributed by atoms with E-state index in [0.717, 1.165) is 28.9 Å². The van der Waals surface area contributed by atoms with Crippen LogP contribution in [0.1, 0.15) is 62.4 Å². The van der Waals surface area contributed by atoms with Crippen molar-refractivity contribution in [2.24, 2.45) is 0 Å². The molecule has 0 aliphatic carbocycles. The van der Waals surface area contributed by atoms with E-state index in [1.165, 1.54) is 27.6 Å². The second-order valence-electron chi connectivity index (χ2n) is 6.46. The molecular weight excluding hydrogens is 358 g/mol. The van der Waals surface area contributed by atoms with E-state index in [1.807, 2.05) is 47.0 Å². The molecule has 0 atom stereocenters. The summed E-state index contributed by atoms with van der Waals surface area (Å²) < 4.78 is 11.2. The highest BCUT2D eigenvalue weighted by Crippen LogP contribution is 2.31. The summed E-state index contributed by atoms with van der Waals surface area (Å²) in [4.78, 5) is 4.47. The molecule has 29 heavy (non-hydrogen) atoms. The molecule has 1 aromatic heterocycles. The van der Waals surface area contributed by atoms with E-state index in [4.69, 9.17) is 9.47 Å². The van der Waals surface area contributed by atoms with Gasteiger partial charge in [0, 0.05) is 23.3 Å². The van der Waals surface area contributed by atoms with Gasteiger partial charge in [-0.25, -0.2) is 0 Å². The Morgan fingerprint density at radius 3 is 2.03 bits per heavy atom. The third-order valence-electron chi connectivity index (χ3n) is 4.66. The van der Waals surface area contributed by atoms with Gasteiger partial charge in [-0.1, -0.05) is 45.9 Å². The van der Waals surface area contributed by atoms with Crippen molar-refractivity contribution >= 4 is 10.8 Å². The summed E-state index contributed by atoms with van der Waals surface area (Å²) in [6, 6.07) is 8.61. The van der Waals surface area contributed by atoms with Crippen LogP contribution < -0.4 is 9.47 Å². The number of methoxy groups -OCH3 is 1. The number of ether oxygens (including phenoxy) is 2. The van der Waals surface area contributed by atoms with Crippen molar-refractivity contribution in [2.45, 2.75) is 61.8 Å². The Morgan fingerprint density at radius 2 is 1.48 bits per heavy atom. The fourth-order valence-electron chi connectivity index (χ4n) is 3.56. The Hall–Kier alpha value is -2.55. The fourth-order valence-corrected chi connectivity index (χ4v) is 3.56. The Balaban J connectivity index is 0.000000989. The lowest BCUT2D eigenvalue weighted by Gasteiger charge is -2.14. The van der Waals surface area contributed by atoms with E-state index in [2.05, 4.69) is 50.0 Å². The van der Waals surface area contributed by atoms with Crippen molar-refractivity contribution in [3.8, 4) is 11.5 Å². The highest BCUT2D eigenvalue weighted by atomic mass is 16.5. The Morgan fingerprint density at radius 1 is 0.862 bits per heavy atom. The van der Waals surface area contributed by atoms with Gasteiger partial charge in [-0.3, -0.25) is 4.98 Å². The predicted octanol–water partition coefficient (Wildman–Crippen LogP) is 7.21. The number of nitrogens with zero attached hydrogens (tertiary/aromatic N) is 1. The molecule has 0 amide bonds. The topological polar surface area (TPSA) is 31.4 Å². The third-order valence-corrected chi connectivity index (χ3v) is 4.66. The minimum absolute atomic E-state index is 0.671. The Labute approximate surface area is 177 Å². The quantitative estimate of drug-likeness (QED) is 0.457. The maximum absolute atomic E-state index is 5.72. The molecule has 3 aromatic rings. The summed E-state index contributed by atoms with van der Waals surface area (Å²) in [5, 5.41) is 2.40. The second kappa shape index (κ2) is 12.1. The number of benzene rings is 2. The highest BCUT2D eigenvalue weighted by Gasteiger charge is 2.11. The SMILES string of the molecule is CC.CC.CCOc1ccc2c(Cc3cc(C)c(OC)c(C)c3)cncc2c1C. The zero-order valence-electron chi connectivity index (χ0n) is 19.6. The van der Waals surface area contributed by atoms with E-state index in [-0.39, 0.29) is 0 Å². The van der Waals surface area contributed by atoms with Crippen molar-refractivity contribution in [1.29, 1.82) is 0 Å². The van der Waals surface area contributed by atoms with Gasteiger partial charge in [0.2, 0.25) is 0 Å². The smallest absolute Gasteiger partial charge is 0.124 e. The Bertz CT molecular complexity index is 893. The second-order valence-corrected chi connectivity index (χ2v) is 6.46. The summed E-state index contributed by atoms with van der Waals surface area (Å²) >= 11 is 0.